The summed E-state index contributed by atoms with van der Waals surface area (Å²) in [4.78, 5) is 10.8. The quantitative estimate of drug-likeness (QED) is 0.672. The Morgan fingerprint density at radius 1 is 1.36 bits per heavy atom. The molecule has 1 aromatic carbocycles. The van der Waals surface area contributed by atoms with Gasteiger partial charge < -0.3 is 9.53 Å². The number of carbonyl (C=O) groups is 1. The van der Waals surface area contributed by atoms with E-state index in [1.54, 1.807) is 0 Å². The predicted molar refractivity (Wildman–Crippen MR) is 44.9 cm³/mol. The number of halogens is 2. The molecule has 4 heteroatoms. The maximum absolute atomic E-state index is 13.3. The van der Waals surface area contributed by atoms with E-state index < -0.39 is 17.0 Å². The molecule has 0 atom stereocenters. The summed E-state index contributed by atoms with van der Waals surface area (Å²) in [7, 11) is 0. The highest BCUT2D eigenvalue weighted by Crippen LogP contribution is 2.32. The van der Waals surface area contributed by atoms with Gasteiger partial charge in [-0.05, 0) is 6.07 Å². The molecule has 2 nitrogen and oxygen atoms in total. The lowest BCUT2D eigenvalue weighted by Crippen LogP contribution is -2.48. The molecule has 0 bridgehead atoms. The van der Waals surface area contributed by atoms with Crippen LogP contribution in [0.4, 0.5) is 8.78 Å². The Kier molecular flexibility index (Phi) is 2.07. The summed E-state index contributed by atoms with van der Waals surface area (Å²) in [6, 6.07) is 3.21. The molecule has 2 rings (SSSR count). The van der Waals surface area contributed by atoms with Crippen LogP contribution in [-0.2, 0) is 14.9 Å². The van der Waals surface area contributed by atoms with E-state index in [0.717, 1.165) is 12.1 Å². The van der Waals surface area contributed by atoms with Gasteiger partial charge in [0.2, 0.25) is 0 Å². The average molecular weight is 198 g/mol. The molecule has 0 N–H and O–H groups in total. The minimum Gasteiger partial charge on any atom is -0.378 e. The van der Waals surface area contributed by atoms with Gasteiger partial charge in [0.1, 0.15) is 23.3 Å². The van der Waals surface area contributed by atoms with Crippen LogP contribution in [0.3, 0.4) is 0 Å². The average Bonchev–Trinajstić information content (AvgIpc) is 2.07. The fourth-order valence-corrected chi connectivity index (χ4v) is 1.50. The Morgan fingerprint density at radius 3 is 2.50 bits per heavy atom. The van der Waals surface area contributed by atoms with Crippen molar-refractivity contribution in [3.05, 3.63) is 35.4 Å². The molecule has 0 aromatic heterocycles. The number of hydrogen-bond acceptors (Lipinski definition) is 2. The van der Waals surface area contributed by atoms with E-state index in [0.29, 0.717) is 6.29 Å². The fourth-order valence-electron chi connectivity index (χ4n) is 1.50. The standard InChI is InChI=1S/C10H8F2O2/c11-7-1-2-8(9(12)3-7)10(4-13)5-14-6-10/h1-4H,5-6H2. The normalized spacial score (nSPS) is 18.7. The largest absolute Gasteiger partial charge is 0.378 e. The number of ether oxygens (including phenoxy) is 1. The zero-order chi connectivity index (χ0) is 10.2. The van der Waals surface area contributed by atoms with Crippen molar-refractivity contribution in [1.82, 2.24) is 0 Å². The van der Waals surface area contributed by atoms with Crippen molar-refractivity contribution in [3.8, 4) is 0 Å². The van der Waals surface area contributed by atoms with E-state index in [9.17, 15) is 13.6 Å². The van der Waals surface area contributed by atoms with E-state index in [1.165, 1.54) is 6.07 Å². The SMILES string of the molecule is O=CC1(c2ccc(F)cc2F)COC1. The number of carbonyl (C=O) groups excluding carboxylic acids is 1. The molecule has 0 aliphatic carbocycles. The van der Waals surface area contributed by atoms with Crippen molar-refractivity contribution in [2.24, 2.45) is 0 Å². The summed E-state index contributed by atoms with van der Waals surface area (Å²) >= 11 is 0. The number of benzene rings is 1. The molecular weight excluding hydrogens is 190 g/mol. The molecule has 0 radical (unpaired) electrons. The summed E-state index contributed by atoms with van der Waals surface area (Å²) in [5, 5.41) is 0. The Hall–Kier alpha value is -1.29. The third-order valence-electron chi connectivity index (χ3n) is 2.41. The van der Waals surface area contributed by atoms with Crippen molar-refractivity contribution in [2.45, 2.75) is 5.41 Å². The molecule has 1 aliphatic rings. The van der Waals surface area contributed by atoms with Crippen LogP contribution in [0.2, 0.25) is 0 Å². The van der Waals surface area contributed by atoms with Crippen LogP contribution in [0.15, 0.2) is 18.2 Å². The van der Waals surface area contributed by atoms with Gasteiger partial charge in [0.25, 0.3) is 0 Å². The van der Waals surface area contributed by atoms with Gasteiger partial charge in [0.05, 0.1) is 13.2 Å². The molecule has 1 aliphatic heterocycles. The second kappa shape index (κ2) is 3.13. The smallest absolute Gasteiger partial charge is 0.135 e. The molecule has 0 unspecified atom stereocenters. The molecule has 0 spiro atoms. The molecular formula is C10H8F2O2. The van der Waals surface area contributed by atoms with Gasteiger partial charge in [-0.25, -0.2) is 8.78 Å². The fraction of sp³-hybridized carbons (Fsp3) is 0.300. The molecule has 1 saturated heterocycles. The maximum atomic E-state index is 13.3. The van der Waals surface area contributed by atoms with Crippen LogP contribution < -0.4 is 0 Å². The van der Waals surface area contributed by atoms with Gasteiger partial charge in [0, 0.05) is 11.6 Å². The Balaban J connectivity index is 2.45. The first-order valence-electron chi connectivity index (χ1n) is 4.17. The molecule has 1 heterocycles. The lowest BCUT2D eigenvalue weighted by Gasteiger charge is -2.36. The Morgan fingerprint density at radius 2 is 2.07 bits per heavy atom. The summed E-state index contributed by atoms with van der Waals surface area (Å²) in [5.74, 6) is -1.34. The second-order valence-electron chi connectivity index (χ2n) is 3.39. The Bertz CT molecular complexity index is 372. The van der Waals surface area contributed by atoms with Crippen molar-refractivity contribution >= 4 is 6.29 Å². The summed E-state index contributed by atoms with van der Waals surface area (Å²) < 4.78 is 30.8. The van der Waals surface area contributed by atoms with Crippen molar-refractivity contribution in [1.29, 1.82) is 0 Å². The molecule has 0 amide bonds. The molecule has 14 heavy (non-hydrogen) atoms. The lowest BCUT2D eigenvalue weighted by atomic mass is 9.80. The van der Waals surface area contributed by atoms with Crippen molar-refractivity contribution in [2.75, 3.05) is 13.2 Å². The number of aldehydes is 1. The van der Waals surface area contributed by atoms with Crippen LogP contribution in [-0.4, -0.2) is 19.5 Å². The lowest BCUT2D eigenvalue weighted by molar-refractivity contribution is -0.130. The third-order valence-corrected chi connectivity index (χ3v) is 2.41. The number of hydrogen-bond donors (Lipinski definition) is 0. The van der Waals surface area contributed by atoms with Gasteiger partial charge in [-0.1, -0.05) is 6.07 Å². The highest BCUT2D eigenvalue weighted by atomic mass is 19.1. The van der Waals surface area contributed by atoms with Gasteiger partial charge in [-0.2, -0.15) is 0 Å². The monoisotopic (exact) mass is 198 g/mol. The maximum Gasteiger partial charge on any atom is 0.135 e. The van der Waals surface area contributed by atoms with Crippen molar-refractivity contribution in [3.63, 3.8) is 0 Å². The minimum absolute atomic E-state index is 0.166. The van der Waals surface area contributed by atoms with Gasteiger partial charge in [-0.3, -0.25) is 0 Å². The minimum atomic E-state index is -0.905. The summed E-state index contributed by atoms with van der Waals surface area (Å²) in [6.07, 6.45) is 0.660. The first-order chi connectivity index (χ1) is 6.68. The highest BCUT2D eigenvalue weighted by molar-refractivity contribution is 5.70. The van der Waals surface area contributed by atoms with E-state index in [4.69, 9.17) is 4.74 Å². The predicted octanol–water partition coefficient (Wildman–Crippen LogP) is 1.43. The zero-order valence-electron chi connectivity index (χ0n) is 7.30. The zero-order valence-corrected chi connectivity index (χ0v) is 7.30. The van der Waals surface area contributed by atoms with E-state index in [2.05, 4.69) is 0 Å². The van der Waals surface area contributed by atoms with Gasteiger partial charge >= 0.3 is 0 Å². The van der Waals surface area contributed by atoms with E-state index >= 15 is 0 Å². The molecule has 0 saturated carbocycles. The topological polar surface area (TPSA) is 26.3 Å². The van der Waals surface area contributed by atoms with E-state index in [-0.39, 0.29) is 18.8 Å². The van der Waals surface area contributed by atoms with Crippen LogP contribution in [0.5, 0.6) is 0 Å². The Labute approximate surface area is 79.5 Å². The van der Waals surface area contributed by atoms with Crippen LogP contribution in [0.1, 0.15) is 5.56 Å². The molecule has 74 valence electrons. The molecule has 1 aromatic rings. The van der Waals surface area contributed by atoms with Gasteiger partial charge in [0.15, 0.2) is 0 Å². The first kappa shape index (κ1) is 9.27. The van der Waals surface area contributed by atoms with Crippen molar-refractivity contribution < 1.29 is 18.3 Å². The summed E-state index contributed by atoms with van der Waals surface area (Å²) in [6.45, 7) is 0.331. The number of rotatable bonds is 2. The molecule has 1 fully saturated rings. The van der Waals surface area contributed by atoms with E-state index in [1.807, 2.05) is 0 Å². The highest BCUT2D eigenvalue weighted by Gasteiger charge is 2.42. The third kappa shape index (κ3) is 1.23. The van der Waals surface area contributed by atoms with Gasteiger partial charge in [-0.15, -0.1) is 0 Å². The first-order valence-corrected chi connectivity index (χ1v) is 4.17. The second-order valence-corrected chi connectivity index (χ2v) is 3.39. The van der Waals surface area contributed by atoms with Crippen LogP contribution >= 0.6 is 0 Å². The summed E-state index contributed by atoms with van der Waals surface area (Å²) in [5.41, 5.74) is -0.697. The van der Waals surface area contributed by atoms with Crippen LogP contribution in [0.25, 0.3) is 0 Å². The van der Waals surface area contributed by atoms with Crippen LogP contribution in [0, 0.1) is 11.6 Å².